The van der Waals surface area contributed by atoms with Gasteiger partial charge in [-0.3, -0.25) is 4.79 Å². The molecule has 0 radical (unpaired) electrons. The van der Waals surface area contributed by atoms with Gasteiger partial charge in [0.2, 0.25) is 0 Å². The minimum absolute atomic E-state index is 0.00309. The summed E-state index contributed by atoms with van der Waals surface area (Å²) in [6, 6.07) is 0. The summed E-state index contributed by atoms with van der Waals surface area (Å²) < 4.78 is 0. The molecular weight excluding hydrogens is 368 g/mol. The molecule has 5 nitrogen and oxygen atoms in total. The number of hydrogen-bond acceptors (Lipinski definition) is 4. The zero-order valence-corrected chi connectivity index (χ0v) is 18.3. The SMILES string of the molecule is C[C@H](CCC(=O)O)C1CCC2C3C(CC[C@@]21C)[C@@]1(C)CC[C@@H](O)CC1[C@@H](O)[C@H]3O. The fraction of sp³-hybridized carbons (Fsp3) is 0.958. The Labute approximate surface area is 174 Å². The second-order valence-corrected chi connectivity index (χ2v) is 11.5. The summed E-state index contributed by atoms with van der Waals surface area (Å²) >= 11 is 0. The van der Waals surface area contributed by atoms with Gasteiger partial charge in [-0.2, -0.15) is 0 Å². The summed E-state index contributed by atoms with van der Waals surface area (Å²) in [6.45, 7) is 6.89. The number of hydrogen-bond donors (Lipinski definition) is 4. The number of rotatable bonds is 4. The molecule has 0 heterocycles. The van der Waals surface area contributed by atoms with Crippen molar-refractivity contribution in [3.05, 3.63) is 0 Å². The molecule has 29 heavy (non-hydrogen) atoms. The minimum atomic E-state index is -0.748. The first-order chi connectivity index (χ1) is 13.6. The number of carboxylic acids is 1. The molecule has 4 aliphatic rings. The zero-order valence-electron chi connectivity index (χ0n) is 18.3. The molecule has 0 aromatic heterocycles. The number of carbonyl (C=O) groups is 1. The molecular formula is C24H40O5. The maximum Gasteiger partial charge on any atom is 0.303 e. The summed E-state index contributed by atoms with van der Waals surface area (Å²) in [6.07, 6.45) is 5.87. The van der Waals surface area contributed by atoms with E-state index in [1.54, 1.807) is 0 Å². The largest absolute Gasteiger partial charge is 0.481 e. The van der Waals surface area contributed by atoms with Gasteiger partial charge in [-0.15, -0.1) is 0 Å². The van der Waals surface area contributed by atoms with Crippen LogP contribution in [-0.4, -0.2) is 44.7 Å². The summed E-state index contributed by atoms with van der Waals surface area (Å²) in [4.78, 5) is 11.1. The van der Waals surface area contributed by atoms with Crippen molar-refractivity contribution in [2.24, 2.45) is 46.3 Å². The van der Waals surface area contributed by atoms with Crippen LogP contribution in [0.15, 0.2) is 0 Å². The van der Waals surface area contributed by atoms with Gasteiger partial charge in [0, 0.05) is 6.42 Å². The molecule has 0 bridgehead atoms. The molecule has 166 valence electrons. The zero-order chi connectivity index (χ0) is 21.1. The van der Waals surface area contributed by atoms with Gasteiger partial charge in [0.25, 0.3) is 0 Å². The van der Waals surface area contributed by atoms with E-state index >= 15 is 0 Å². The maximum absolute atomic E-state index is 11.3. The lowest BCUT2D eigenvalue weighted by atomic mass is 9.43. The van der Waals surface area contributed by atoms with Crippen molar-refractivity contribution >= 4 is 5.97 Å². The highest BCUT2D eigenvalue weighted by Gasteiger charge is 2.65. The molecule has 0 saturated heterocycles. The standard InChI is InChI=1S/C24H40O5/c1-13(4-7-19(26)27)15-5-6-16-20-17(9-11-23(15,16)2)24(3)10-8-14(25)12-18(24)21(28)22(20)29/h13-18,20-22,25,28-29H,4-12H2,1-3H3,(H,26,27)/t13-,14-,15?,16?,17?,18?,20?,21-,22+,23-,24-/m1/s1. The molecule has 4 rings (SSSR count). The summed E-state index contributed by atoms with van der Waals surface area (Å²) in [5.41, 5.74) is 0.119. The van der Waals surface area contributed by atoms with Crippen LogP contribution in [0.5, 0.6) is 0 Å². The van der Waals surface area contributed by atoms with E-state index in [1.807, 2.05) is 0 Å². The Morgan fingerprint density at radius 3 is 2.28 bits per heavy atom. The number of aliphatic hydroxyl groups excluding tert-OH is 3. The van der Waals surface area contributed by atoms with Gasteiger partial charge in [-0.25, -0.2) is 0 Å². The lowest BCUT2D eigenvalue weighted by molar-refractivity contribution is -0.223. The van der Waals surface area contributed by atoms with E-state index in [0.29, 0.717) is 30.1 Å². The van der Waals surface area contributed by atoms with Crippen molar-refractivity contribution in [3.8, 4) is 0 Å². The lowest BCUT2D eigenvalue weighted by Gasteiger charge is -2.63. The fourth-order valence-electron chi connectivity index (χ4n) is 8.77. The van der Waals surface area contributed by atoms with Crippen LogP contribution >= 0.6 is 0 Å². The molecule has 0 aromatic rings. The van der Waals surface area contributed by atoms with Crippen LogP contribution < -0.4 is 0 Å². The Morgan fingerprint density at radius 1 is 0.931 bits per heavy atom. The highest BCUT2D eigenvalue weighted by molar-refractivity contribution is 5.66. The van der Waals surface area contributed by atoms with Gasteiger partial charge >= 0.3 is 5.97 Å². The van der Waals surface area contributed by atoms with Gasteiger partial charge in [0.15, 0.2) is 0 Å². The molecule has 5 unspecified atom stereocenters. The van der Waals surface area contributed by atoms with Gasteiger partial charge < -0.3 is 20.4 Å². The van der Waals surface area contributed by atoms with E-state index in [0.717, 1.165) is 44.9 Å². The van der Waals surface area contributed by atoms with Gasteiger partial charge in [0.1, 0.15) is 0 Å². The summed E-state index contributed by atoms with van der Waals surface area (Å²) in [5.74, 6) is 1.06. The maximum atomic E-state index is 11.3. The third-order valence-corrected chi connectivity index (χ3v) is 10.3. The number of carboxylic acid groups (broad SMARTS) is 1. The van der Waals surface area contributed by atoms with Crippen molar-refractivity contribution < 1.29 is 25.2 Å². The second-order valence-electron chi connectivity index (χ2n) is 11.5. The monoisotopic (exact) mass is 408 g/mol. The molecule has 0 amide bonds. The van der Waals surface area contributed by atoms with Crippen molar-refractivity contribution in [1.82, 2.24) is 0 Å². The van der Waals surface area contributed by atoms with Gasteiger partial charge in [-0.05, 0) is 97.7 Å². The first kappa shape index (κ1) is 21.6. The van der Waals surface area contributed by atoms with Crippen molar-refractivity contribution in [1.29, 1.82) is 0 Å². The highest BCUT2D eigenvalue weighted by atomic mass is 16.4. The van der Waals surface area contributed by atoms with Crippen LogP contribution in [0.3, 0.4) is 0 Å². The Kier molecular flexibility index (Phi) is 5.57. The molecule has 4 fully saturated rings. The minimum Gasteiger partial charge on any atom is -0.481 e. The molecule has 0 spiro atoms. The third kappa shape index (κ3) is 3.27. The molecule has 4 saturated carbocycles. The number of aliphatic carboxylic acids is 1. The van der Waals surface area contributed by atoms with Crippen LogP contribution in [-0.2, 0) is 4.79 Å². The smallest absolute Gasteiger partial charge is 0.303 e. The fourth-order valence-corrected chi connectivity index (χ4v) is 8.77. The van der Waals surface area contributed by atoms with Gasteiger partial charge in [-0.1, -0.05) is 20.8 Å². The Morgan fingerprint density at radius 2 is 1.59 bits per heavy atom. The van der Waals surface area contributed by atoms with E-state index in [1.165, 1.54) is 0 Å². The van der Waals surface area contributed by atoms with Crippen LogP contribution in [0.4, 0.5) is 0 Å². The topological polar surface area (TPSA) is 98.0 Å². The van der Waals surface area contributed by atoms with Crippen molar-refractivity contribution in [2.45, 2.75) is 96.9 Å². The van der Waals surface area contributed by atoms with E-state index in [9.17, 15) is 20.1 Å². The first-order valence-corrected chi connectivity index (χ1v) is 11.9. The van der Waals surface area contributed by atoms with Crippen LogP contribution in [0, 0.1) is 46.3 Å². The molecule has 5 heteroatoms. The molecule has 0 aromatic carbocycles. The highest BCUT2D eigenvalue weighted by Crippen LogP contribution is 2.68. The molecule has 11 atom stereocenters. The van der Waals surface area contributed by atoms with E-state index in [-0.39, 0.29) is 35.2 Å². The van der Waals surface area contributed by atoms with Crippen LogP contribution in [0.25, 0.3) is 0 Å². The Balaban J connectivity index is 1.59. The number of fused-ring (bicyclic) bond motifs is 5. The van der Waals surface area contributed by atoms with Crippen LogP contribution in [0.2, 0.25) is 0 Å². The average molecular weight is 409 g/mol. The summed E-state index contributed by atoms with van der Waals surface area (Å²) in [7, 11) is 0. The van der Waals surface area contributed by atoms with E-state index < -0.39 is 18.2 Å². The average Bonchev–Trinajstić information content (AvgIpc) is 3.02. The van der Waals surface area contributed by atoms with E-state index in [2.05, 4.69) is 20.8 Å². The predicted molar refractivity (Wildman–Crippen MR) is 110 cm³/mol. The van der Waals surface area contributed by atoms with E-state index in [4.69, 9.17) is 5.11 Å². The first-order valence-electron chi connectivity index (χ1n) is 11.9. The van der Waals surface area contributed by atoms with Crippen LogP contribution in [0.1, 0.15) is 78.6 Å². The van der Waals surface area contributed by atoms with Gasteiger partial charge in [0.05, 0.1) is 18.3 Å². The molecule has 4 aliphatic carbocycles. The predicted octanol–water partition coefficient (Wildman–Crippen LogP) is 3.45. The Hall–Kier alpha value is -0.650. The number of aliphatic hydroxyl groups is 3. The Bertz CT molecular complexity index is 637. The van der Waals surface area contributed by atoms with Crippen molar-refractivity contribution in [2.75, 3.05) is 0 Å². The lowest BCUT2D eigenvalue weighted by Crippen LogP contribution is -2.64. The molecule has 0 aliphatic heterocycles. The quantitative estimate of drug-likeness (QED) is 0.571. The normalized spacial score (nSPS) is 52.9. The second kappa shape index (κ2) is 7.49. The summed E-state index contributed by atoms with van der Waals surface area (Å²) in [5, 5.41) is 41.7. The third-order valence-electron chi connectivity index (χ3n) is 10.3. The van der Waals surface area contributed by atoms with Crippen molar-refractivity contribution in [3.63, 3.8) is 0 Å². The molecule has 4 N–H and O–H groups in total.